The van der Waals surface area contributed by atoms with E-state index in [0.717, 1.165) is 22.0 Å². The van der Waals surface area contributed by atoms with E-state index in [0.29, 0.717) is 36.6 Å². The lowest BCUT2D eigenvalue weighted by Gasteiger charge is -2.30. The van der Waals surface area contributed by atoms with Crippen LogP contribution in [0.25, 0.3) is 10.9 Å². The van der Waals surface area contributed by atoms with E-state index in [4.69, 9.17) is 9.47 Å². The number of methoxy groups -OCH3 is 2. The largest absolute Gasteiger partial charge is 0.497 e. The van der Waals surface area contributed by atoms with Gasteiger partial charge in [0.2, 0.25) is 5.91 Å². The number of nitrogens with zero attached hydrogens (tertiary/aromatic N) is 2. The second-order valence-electron chi connectivity index (χ2n) is 9.64. The van der Waals surface area contributed by atoms with Gasteiger partial charge in [-0.05, 0) is 61.7 Å². The third kappa shape index (κ3) is 6.57. The molecule has 0 fully saturated rings. The average molecular weight is 532 g/mol. The Bertz CT molecular complexity index is 1430. The molecular formula is C31H34FN3O4. The van der Waals surface area contributed by atoms with Gasteiger partial charge in [0.1, 0.15) is 23.9 Å². The van der Waals surface area contributed by atoms with E-state index in [1.807, 2.05) is 38.2 Å². The Balaban J connectivity index is 1.57. The molecule has 0 saturated heterocycles. The van der Waals surface area contributed by atoms with Gasteiger partial charge in [0.25, 0.3) is 5.91 Å². The van der Waals surface area contributed by atoms with Crippen molar-refractivity contribution in [2.24, 2.45) is 0 Å². The van der Waals surface area contributed by atoms with Gasteiger partial charge in [-0.1, -0.05) is 30.3 Å². The number of carbonyl (C=O) groups excluding carboxylic acids is 2. The summed E-state index contributed by atoms with van der Waals surface area (Å²) >= 11 is 0. The number of halogens is 1. The molecule has 204 valence electrons. The molecule has 0 unspecified atom stereocenters. The lowest BCUT2D eigenvalue weighted by atomic mass is 10.1. The molecule has 0 aliphatic carbocycles. The lowest BCUT2D eigenvalue weighted by Crippen LogP contribution is -2.46. The molecule has 8 heteroatoms. The van der Waals surface area contributed by atoms with Crippen molar-refractivity contribution < 1.29 is 23.5 Å². The number of rotatable bonds is 11. The number of nitrogens with one attached hydrogen (secondary N) is 1. The summed E-state index contributed by atoms with van der Waals surface area (Å²) in [6, 6.07) is 18.9. The van der Waals surface area contributed by atoms with E-state index in [2.05, 4.69) is 11.1 Å². The second-order valence-corrected chi connectivity index (χ2v) is 9.64. The van der Waals surface area contributed by atoms with E-state index in [1.54, 1.807) is 42.3 Å². The Labute approximate surface area is 228 Å². The SMILES string of the molecule is COc1ccc(C(=O)N(CC(=O)N(CCc2c[nH]c3ccccc23)Cc2ccc(F)cc2)C(C)C)c(OC)c1. The molecule has 0 radical (unpaired) electrons. The number of fused-ring (bicyclic) bond motifs is 1. The molecule has 0 saturated carbocycles. The Morgan fingerprint density at radius 2 is 1.72 bits per heavy atom. The Morgan fingerprint density at radius 1 is 0.974 bits per heavy atom. The van der Waals surface area contributed by atoms with Crippen molar-refractivity contribution in [3.63, 3.8) is 0 Å². The maximum absolute atomic E-state index is 13.7. The number of para-hydroxylation sites is 1. The summed E-state index contributed by atoms with van der Waals surface area (Å²) in [5, 5.41) is 1.11. The molecule has 1 aromatic heterocycles. The summed E-state index contributed by atoms with van der Waals surface area (Å²) in [5.74, 6) is 0.101. The molecule has 39 heavy (non-hydrogen) atoms. The fraction of sp³-hybridized carbons (Fsp3) is 0.290. The van der Waals surface area contributed by atoms with Crippen LogP contribution >= 0.6 is 0 Å². The maximum atomic E-state index is 13.7. The maximum Gasteiger partial charge on any atom is 0.258 e. The van der Waals surface area contributed by atoms with Crippen molar-refractivity contribution in [3.8, 4) is 11.5 Å². The van der Waals surface area contributed by atoms with Crippen LogP contribution in [0.3, 0.4) is 0 Å². The van der Waals surface area contributed by atoms with Gasteiger partial charge in [0, 0.05) is 42.3 Å². The number of aromatic nitrogens is 1. The van der Waals surface area contributed by atoms with Crippen LogP contribution in [0, 0.1) is 5.82 Å². The molecule has 0 bridgehead atoms. The van der Waals surface area contributed by atoms with Crippen LogP contribution in [-0.2, 0) is 17.8 Å². The van der Waals surface area contributed by atoms with Crippen LogP contribution < -0.4 is 9.47 Å². The first-order valence-corrected chi connectivity index (χ1v) is 12.9. The fourth-order valence-electron chi connectivity index (χ4n) is 4.56. The van der Waals surface area contributed by atoms with Crippen LogP contribution in [0.15, 0.2) is 72.9 Å². The molecule has 4 aromatic rings. The first kappa shape index (κ1) is 27.7. The molecule has 7 nitrogen and oxygen atoms in total. The molecule has 0 aliphatic heterocycles. The first-order chi connectivity index (χ1) is 18.8. The van der Waals surface area contributed by atoms with Crippen LogP contribution in [0.2, 0.25) is 0 Å². The van der Waals surface area contributed by atoms with E-state index in [1.165, 1.54) is 24.1 Å². The Kier molecular flexibility index (Phi) is 8.86. The lowest BCUT2D eigenvalue weighted by molar-refractivity contribution is -0.132. The van der Waals surface area contributed by atoms with Gasteiger partial charge in [-0.15, -0.1) is 0 Å². The number of benzene rings is 3. The highest BCUT2D eigenvalue weighted by Gasteiger charge is 2.27. The molecule has 1 heterocycles. The summed E-state index contributed by atoms with van der Waals surface area (Å²) in [5.41, 5.74) is 3.29. The number of amides is 2. The minimum atomic E-state index is -0.333. The first-order valence-electron chi connectivity index (χ1n) is 12.9. The number of hydrogen-bond donors (Lipinski definition) is 1. The molecule has 0 atom stereocenters. The molecule has 0 aliphatic rings. The van der Waals surface area contributed by atoms with E-state index < -0.39 is 0 Å². The summed E-state index contributed by atoms with van der Waals surface area (Å²) < 4.78 is 24.2. The molecule has 4 rings (SSSR count). The molecule has 1 N–H and O–H groups in total. The number of carbonyl (C=O) groups is 2. The standard InChI is InChI=1S/C31H34FN3O4/c1-21(2)35(31(37)27-14-13-25(38-3)17-29(27)39-4)20-30(36)34(19-22-9-11-24(32)12-10-22)16-15-23-18-33-28-8-6-5-7-26(23)28/h5-14,17-18,21,33H,15-16,19-20H2,1-4H3. The normalized spacial score (nSPS) is 11.0. The zero-order valence-corrected chi connectivity index (χ0v) is 22.7. The van der Waals surface area contributed by atoms with Crippen molar-refractivity contribution >= 4 is 22.7 Å². The highest BCUT2D eigenvalue weighted by atomic mass is 19.1. The van der Waals surface area contributed by atoms with Gasteiger partial charge in [-0.2, -0.15) is 0 Å². The third-order valence-corrected chi connectivity index (χ3v) is 6.79. The minimum absolute atomic E-state index is 0.110. The highest BCUT2D eigenvalue weighted by Crippen LogP contribution is 2.26. The number of aromatic amines is 1. The van der Waals surface area contributed by atoms with Gasteiger partial charge in [0.05, 0.1) is 19.8 Å². The third-order valence-electron chi connectivity index (χ3n) is 6.79. The fourth-order valence-corrected chi connectivity index (χ4v) is 4.56. The smallest absolute Gasteiger partial charge is 0.258 e. The Morgan fingerprint density at radius 3 is 2.41 bits per heavy atom. The predicted octanol–water partition coefficient (Wildman–Crippen LogP) is 5.45. The summed E-state index contributed by atoms with van der Waals surface area (Å²) in [7, 11) is 3.03. The number of hydrogen-bond acceptors (Lipinski definition) is 4. The predicted molar refractivity (Wildman–Crippen MR) is 150 cm³/mol. The highest BCUT2D eigenvalue weighted by molar-refractivity contribution is 5.99. The molecule has 2 amide bonds. The number of H-pyrrole nitrogens is 1. The molecule has 3 aromatic carbocycles. The van der Waals surface area contributed by atoms with Gasteiger partial charge >= 0.3 is 0 Å². The van der Waals surface area contributed by atoms with Gasteiger partial charge in [-0.3, -0.25) is 9.59 Å². The summed E-state index contributed by atoms with van der Waals surface area (Å²) in [6.45, 7) is 4.37. The second kappa shape index (κ2) is 12.5. The van der Waals surface area contributed by atoms with Crippen molar-refractivity contribution in [1.82, 2.24) is 14.8 Å². The average Bonchev–Trinajstić information content (AvgIpc) is 3.37. The van der Waals surface area contributed by atoms with Gasteiger partial charge in [0.15, 0.2) is 0 Å². The topological polar surface area (TPSA) is 74.9 Å². The van der Waals surface area contributed by atoms with Crippen LogP contribution in [0.5, 0.6) is 11.5 Å². The zero-order chi connectivity index (χ0) is 27.9. The van der Waals surface area contributed by atoms with E-state index >= 15 is 0 Å². The summed E-state index contributed by atoms with van der Waals surface area (Å²) in [6.07, 6.45) is 2.59. The van der Waals surface area contributed by atoms with Crippen molar-refractivity contribution in [2.45, 2.75) is 32.9 Å². The van der Waals surface area contributed by atoms with E-state index in [-0.39, 0.29) is 30.2 Å². The van der Waals surface area contributed by atoms with Crippen LogP contribution in [-0.4, -0.2) is 59.9 Å². The van der Waals surface area contributed by atoms with E-state index in [9.17, 15) is 14.0 Å². The van der Waals surface area contributed by atoms with Crippen molar-refractivity contribution in [1.29, 1.82) is 0 Å². The number of ether oxygens (including phenoxy) is 2. The quantitative estimate of drug-likeness (QED) is 0.280. The van der Waals surface area contributed by atoms with Crippen molar-refractivity contribution in [2.75, 3.05) is 27.3 Å². The van der Waals surface area contributed by atoms with Crippen molar-refractivity contribution in [3.05, 3.63) is 95.4 Å². The van der Waals surface area contributed by atoms with Gasteiger partial charge < -0.3 is 24.3 Å². The summed E-state index contributed by atoms with van der Waals surface area (Å²) in [4.78, 5) is 33.9. The zero-order valence-electron chi connectivity index (χ0n) is 22.7. The Hall–Kier alpha value is -4.33. The van der Waals surface area contributed by atoms with Gasteiger partial charge in [-0.25, -0.2) is 4.39 Å². The minimum Gasteiger partial charge on any atom is -0.497 e. The molecular weight excluding hydrogens is 497 g/mol. The van der Waals surface area contributed by atoms with Crippen LogP contribution in [0.4, 0.5) is 4.39 Å². The monoisotopic (exact) mass is 531 g/mol. The molecule has 0 spiro atoms. The van der Waals surface area contributed by atoms with Crippen LogP contribution in [0.1, 0.15) is 35.3 Å².